The van der Waals surface area contributed by atoms with Crippen LogP contribution in [0.25, 0.3) is 0 Å². The molecule has 5 nitrogen and oxygen atoms in total. The Labute approximate surface area is 88.1 Å². The molecular formula is C10H15N3O2. The van der Waals surface area contributed by atoms with Gasteiger partial charge in [0.1, 0.15) is 5.69 Å². The van der Waals surface area contributed by atoms with E-state index in [0.717, 1.165) is 6.42 Å². The maximum Gasteiger partial charge on any atom is 0.272 e. The summed E-state index contributed by atoms with van der Waals surface area (Å²) in [6.45, 7) is 3.12. The summed E-state index contributed by atoms with van der Waals surface area (Å²) in [5, 5.41) is 9.67. The maximum atomic E-state index is 11.9. The number of aliphatic hydroxyl groups excluding tert-OH is 1. The lowest BCUT2D eigenvalue weighted by Gasteiger charge is -2.33. The third kappa shape index (κ3) is 2.02. The number of hydrogen-bond acceptors (Lipinski definition) is 3. The topological polar surface area (TPSA) is 69.2 Å². The van der Waals surface area contributed by atoms with Crippen molar-refractivity contribution in [1.29, 1.82) is 0 Å². The normalized spacial score (nSPS) is 26.7. The number of aromatic nitrogens is 2. The van der Waals surface area contributed by atoms with Crippen molar-refractivity contribution in [3.8, 4) is 0 Å². The van der Waals surface area contributed by atoms with Gasteiger partial charge in [0, 0.05) is 13.1 Å². The van der Waals surface area contributed by atoms with Crippen molar-refractivity contribution in [3.63, 3.8) is 0 Å². The van der Waals surface area contributed by atoms with Gasteiger partial charge in [0.05, 0.1) is 18.6 Å². The van der Waals surface area contributed by atoms with Crippen molar-refractivity contribution < 1.29 is 9.90 Å². The van der Waals surface area contributed by atoms with E-state index in [1.165, 1.54) is 12.5 Å². The molecule has 5 heteroatoms. The smallest absolute Gasteiger partial charge is 0.272 e. The summed E-state index contributed by atoms with van der Waals surface area (Å²) in [5.41, 5.74) is 0.483. The zero-order valence-corrected chi connectivity index (χ0v) is 8.68. The van der Waals surface area contributed by atoms with E-state index in [2.05, 4.69) is 9.97 Å². The third-order valence-electron chi connectivity index (χ3n) is 2.93. The van der Waals surface area contributed by atoms with Crippen molar-refractivity contribution in [1.82, 2.24) is 14.9 Å². The Hall–Kier alpha value is -1.36. The average molecular weight is 209 g/mol. The van der Waals surface area contributed by atoms with Crippen LogP contribution < -0.4 is 0 Å². The van der Waals surface area contributed by atoms with Gasteiger partial charge in [0.25, 0.3) is 5.91 Å². The van der Waals surface area contributed by atoms with Crippen LogP contribution in [0.15, 0.2) is 12.5 Å². The molecule has 1 saturated heterocycles. The summed E-state index contributed by atoms with van der Waals surface area (Å²) in [5.74, 6) is 0.189. The van der Waals surface area contributed by atoms with E-state index < -0.39 is 6.10 Å². The Kier molecular flexibility index (Phi) is 2.73. The predicted molar refractivity (Wildman–Crippen MR) is 54.3 cm³/mol. The van der Waals surface area contributed by atoms with Gasteiger partial charge in [-0.15, -0.1) is 0 Å². The highest BCUT2D eigenvalue weighted by Gasteiger charge is 2.28. The number of nitrogens with one attached hydrogen (secondary N) is 1. The molecule has 2 heterocycles. The summed E-state index contributed by atoms with van der Waals surface area (Å²) in [7, 11) is 0. The number of aliphatic hydroxyl groups is 1. The number of β-amino-alcohol motifs (C(OH)–C–C–N with tert-alkyl or cyclic N) is 1. The van der Waals surface area contributed by atoms with Gasteiger partial charge in [0.2, 0.25) is 0 Å². The van der Waals surface area contributed by atoms with E-state index in [4.69, 9.17) is 0 Å². The van der Waals surface area contributed by atoms with Crippen LogP contribution >= 0.6 is 0 Å². The van der Waals surface area contributed by atoms with Gasteiger partial charge >= 0.3 is 0 Å². The van der Waals surface area contributed by atoms with Crippen LogP contribution in [0.1, 0.15) is 23.8 Å². The van der Waals surface area contributed by atoms with Gasteiger partial charge in [-0.05, 0) is 12.3 Å². The van der Waals surface area contributed by atoms with Crippen LogP contribution in [-0.4, -0.2) is 45.1 Å². The summed E-state index contributed by atoms with van der Waals surface area (Å²) >= 11 is 0. The number of likely N-dealkylation sites (tertiary alicyclic amines) is 1. The van der Waals surface area contributed by atoms with E-state index in [1.54, 1.807) is 4.90 Å². The van der Waals surface area contributed by atoms with Crippen LogP contribution in [0.5, 0.6) is 0 Å². The molecule has 82 valence electrons. The lowest BCUT2D eigenvalue weighted by molar-refractivity contribution is 0.0245. The Morgan fingerprint density at radius 1 is 1.73 bits per heavy atom. The second-order valence-electron chi connectivity index (χ2n) is 4.05. The van der Waals surface area contributed by atoms with Gasteiger partial charge in [-0.25, -0.2) is 4.98 Å². The Morgan fingerprint density at radius 2 is 2.53 bits per heavy atom. The second-order valence-corrected chi connectivity index (χ2v) is 4.05. The van der Waals surface area contributed by atoms with Gasteiger partial charge in [0.15, 0.2) is 0 Å². The molecule has 0 saturated carbocycles. The summed E-state index contributed by atoms with van der Waals surface area (Å²) in [6.07, 6.45) is 3.43. The van der Waals surface area contributed by atoms with Crippen LogP contribution in [0.3, 0.4) is 0 Å². The second kappa shape index (κ2) is 4.02. The molecule has 2 rings (SSSR count). The molecule has 2 N–H and O–H groups in total. The van der Waals surface area contributed by atoms with Gasteiger partial charge in [-0.2, -0.15) is 0 Å². The number of H-pyrrole nitrogens is 1. The molecule has 1 aromatic rings. The molecular weight excluding hydrogens is 194 g/mol. The zero-order chi connectivity index (χ0) is 10.8. The molecule has 1 aliphatic heterocycles. The SMILES string of the molecule is CC1CCN(C(=O)c2cnc[nH]2)CC1O. The molecule has 1 aliphatic rings. The van der Waals surface area contributed by atoms with Crippen LogP contribution in [0, 0.1) is 5.92 Å². The highest BCUT2D eigenvalue weighted by molar-refractivity contribution is 5.92. The van der Waals surface area contributed by atoms with E-state index in [0.29, 0.717) is 18.8 Å². The average Bonchev–Trinajstić information content (AvgIpc) is 2.74. The first-order valence-electron chi connectivity index (χ1n) is 5.14. The minimum atomic E-state index is -0.411. The molecule has 0 radical (unpaired) electrons. The van der Waals surface area contributed by atoms with Crippen LogP contribution in [-0.2, 0) is 0 Å². The number of hydrogen-bond donors (Lipinski definition) is 2. The fourth-order valence-electron chi connectivity index (χ4n) is 1.78. The lowest BCUT2D eigenvalue weighted by Crippen LogP contribution is -2.45. The van der Waals surface area contributed by atoms with Crippen molar-refractivity contribution in [2.24, 2.45) is 5.92 Å². The fourth-order valence-corrected chi connectivity index (χ4v) is 1.78. The van der Waals surface area contributed by atoms with Crippen molar-refractivity contribution in [2.75, 3.05) is 13.1 Å². The Balaban J connectivity index is 2.03. The van der Waals surface area contributed by atoms with E-state index in [1.807, 2.05) is 6.92 Å². The lowest BCUT2D eigenvalue weighted by atomic mass is 9.96. The summed E-state index contributed by atoms with van der Waals surface area (Å²) < 4.78 is 0. The monoisotopic (exact) mass is 209 g/mol. The molecule has 0 aromatic carbocycles. The molecule has 1 aromatic heterocycles. The number of carbonyl (C=O) groups excluding carboxylic acids is 1. The standard InChI is InChI=1S/C10H15N3O2/c1-7-2-3-13(5-9(7)14)10(15)8-4-11-6-12-8/h4,6-7,9,14H,2-3,5H2,1H3,(H,11,12). The number of imidazole rings is 1. The minimum Gasteiger partial charge on any atom is -0.391 e. The quantitative estimate of drug-likeness (QED) is 0.696. The molecule has 0 spiro atoms. The zero-order valence-electron chi connectivity index (χ0n) is 8.68. The minimum absolute atomic E-state index is 0.0848. The van der Waals surface area contributed by atoms with Crippen LogP contribution in [0.2, 0.25) is 0 Å². The summed E-state index contributed by atoms with van der Waals surface area (Å²) in [6, 6.07) is 0. The molecule has 0 aliphatic carbocycles. The maximum absolute atomic E-state index is 11.9. The van der Waals surface area contributed by atoms with Crippen molar-refractivity contribution in [3.05, 3.63) is 18.2 Å². The molecule has 1 amide bonds. The molecule has 2 atom stereocenters. The molecule has 0 bridgehead atoms. The van der Waals surface area contributed by atoms with Crippen LogP contribution in [0.4, 0.5) is 0 Å². The van der Waals surface area contributed by atoms with E-state index in [9.17, 15) is 9.90 Å². The number of rotatable bonds is 1. The van der Waals surface area contributed by atoms with E-state index >= 15 is 0 Å². The Bertz CT molecular complexity index is 336. The number of carbonyl (C=O) groups is 1. The van der Waals surface area contributed by atoms with E-state index in [-0.39, 0.29) is 11.8 Å². The molecule has 2 unspecified atom stereocenters. The number of nitrogens with zero attached hydrogens (tertiary/aromatic N) is 2. The first kappa shape index (κ1) is 10.2. The predicted octanol–water partition coefficient (Wildman–Crippen LogP) is 0.253. The molecule has 15 heavy (non-hydrogen) atoms. The largest absolute Gasteiger partial charge is 0.391 e. The van der Waals surface area contributed by atoms with Gasteiger partial charge < -0.3 is 15.0 Å². The highest BCUT2D eigenvalue weighted by Crippen LogP contribution is 2.18. The van der Waals surface area contributed by atoms with Gasteiger partial charge in [-0.1, -0.05) is 6.92 Å². The number of amides is 1. The summed E-state index contributed by atoms with van der Waals surface area (Å²) in [4.78, 5) is 20.1. The van der Waals surface area contributed by atoms with Gasteiger partial charge in [-0.3, -0.25) is 4.79 Å². The first-order chi connectivity index (χ1) is 7.18. The van der Waals surface area contributed by atoms with Crippen molar-refractivity contribution >= 4 is 5.91 Å². The fraction of sp³-hybridized carbons (Fsp3) is 0.600. The number of aromatic amines is 1. The number of piperidine rings is 1. The highest BCUT2D eigenvalue weighted by atomic mass is 16.3. The molecule has 1 fully saturated rings. The first-order valence-corrected chi connectivity index (χ1v) is 5.14. The third-order valence-corrected chi connectivity index (χ3v) is 2.93. The van der Waals surface area contributed by atoms with Crippen molar-refractivity contribution in [2.45, 2.75) is 19.4 Å². The Morgan fingerprint density at radius 3 is 3.13 bits per heavy atom.